The van der Waals surface area contributed by atoms with Crippen LogP contribution in [0.5, 0.6) is 0 Å². The number of hydrogen-bond acceptors (Lipinski definition) is 4. The highest BCUT2D eigenvalue weighted by atomic mass is 35.5. The van der Waals surface area contributed by atoms with Gasteiger partial charge in [0.05, 0.1) is 5.92 Å². The summed E-state index contributed by atoms with van der Waals surface area (Å²) in [6.45, 7) is 10.4. The standard InChI is InChI=1S/C22H31ClN2O4/c1-14(2)25(15(3)4)20(26)16(5)29-22(28)18-10-12-24(13-11-18)21(27)17-6-8-19(23)9-7-17/h6-9,14-16,18H,10-13H2,1-5H3/t16-/m0/s1. The highest BCUT2D eigenvalue weighted by molar-refractivity contribution is 6.30. The number of hydrogen-bond donors (Lipinski definition) is 0. The maximum atomic E-state index is 12.7. The smallest absolute Gasteiger partial charge is 0.309 e. The van der Waals surface area contributed by atoms with Gasteiger partial charge in [-0.3, -0.25) is 14.4 Å². The molecule has 1 aromatic carbocycles. The van der Waals surface area contributed by atoms with Crippen molar-refractivity contribution in [2.75, 3.05) is 13.1 Å². The normalized spacial score (nSPS) is 16.1. The van der Waals surface area contributed by atoms with Crippen molar-refractivity contribution in [3.05, 3.63) is 34.9 Å². The van der Waals surface area contributed by atoms with Crippen molar-refractivity contribution in [2.24, 2.45) is 5.92 Å². The zero-order valence-corrected chi connectivity index (χ0v) is 18.6. The van der Waals surface area contributed by atoms with Crippen LogP contribution in [-0.2, 0) is 14.3 Å². The number of halogens is 1. The molecule has 0 aromatic heterocycles. The van der Waals surface area contributed by atoms with E-state index < -0.39 is 6.10 Å². The van der Waals surface area contributed by atoms with E-state index in [4.69, 9.17) is 16.3 Å². The monoisotopic (exact) mass is 422 g/mol. The number of amides is 2. The molecule has 6 nitrogen and oxygen atoms in total. The number of benzene rings is 1. The number of ether oxygens (including phenoxy) is 1. The summed E-state index contributed by atoms with van der Waals surface area (Å²) in [5, 5.41) is 0.583. The molecule has 1 aromatic rings. The molecule has 29 heavy (non-hydrogen) atoms. The van der Waals surface area contributed by atoms with Crippen molar-refractivity contribution in [1.82, 2.24) is 9.80 Å². The van der Waals surface area contributed by atoms with Gasteiger partial charge in [0.1, 0.15) is 0 Å². The first-order chi connectivity index (χ1) is 13.6. The molecule has 2 amide bonds. The van der Waals surface area contributed by atoms with Crippen molar-refractivity contribution in [3.63, 3.8) is 0 Å². The number of piperidine rings is 1. The van der Waals surface area contributed by atoms with Crippen molar-refractivity contribution in [1.29, 1.82) is 0 Å². The third-order valence-corrected chi connectivity index (χ3v) is 5.47. The van der Waals surface area contributed by atoms with Crippen LogP contribution < -0.4 is 0 Å². The van der Waals surface area contributed by atoms with Gasteiger partial charge in [0.25, 0.3) is 11.8 Å². The average molecular weight is 423 g/mol. The summed E-state index contributed by atoms with van der Waals surface area (Å²) < 4.78 is 5.48. The van der Waals surface area contributed by atoms with E-state index in [0.717, 1.165) is 0 Å². The number of nitrogens with zero attached hydrogens (tertiary/aromatic N) is 2. The lowest BCUT2D eigenvalue weighted by Crippen LogP contribution is -2.48. The van der Waals surface area contributed by atoms with Crippen LogP contribution >= 0.6 is 11.6 Å². The summed E-state index contributed by atoms with van der Waals surface area (Å²) in [6, 6.07) is 6.85. The van der Waals surface area contributed by atoms with E-state index in [1.165, 1.54) is 0 Å². The predicted octanol–water partition coefficient (Wildman–Crippen LogP) is 3.77. The highest BCUT2D eigenvalue weighted by Crippen LogP contribution is 2.22. The van der Waals surface area contributed by atoms with Gasteiger partial charge in [0.15, 0.2) is 6.10 Å². The minimum Gasteiger partial charge on any atom is -0.452 e. The summed E-state index contributed by atoms with van der Waals surface area (Å²) >= 11 is 5.87. The third kappa shape index (κ3) is 5.95. The molecule has 7 heteroatoms. The van der Waals surface area contributed by atoms with E-state index in [1.807, 2.05) is 27.7 Å². The SMILES string of the molecule is CC(C)N(C(=O)[C@H](C)OC(=O)C1CCN(C(=O)c2ccc(Cl)cc2)CC1)C(C)C. The van der Waals surface area contributed by atoms with E-state index in [1.54, 1.807) is 41.0 Å². The van der Waals surface area contributed by atoms with E-state index >= 15 is 0 Å². The van der Waals surface area contributed by atoms with Gasteiger partial charge in [-0.1, -0.05) is 11.6 Å². The van der Waals surface area contributed by atoms with E-state index in [-0.39, 0.29) is 35.8 Å². The molecule has 0 N–H and O–H groups in total. The number of likely N-dealkylation sites (tertiary alicyclic amines) is 1. The fourth-order valence-electron chi connectivity index (χ4n) is 3.73. The summed E-state index contributed by atoms with van der Waals surface area (Å²) in [4.78, 5) is 41.2. The first kappa shape index (κ1) is 23.2. The van der Waals surface area contributed by atoms with E-state index in [9.17, 15) is 14.4 Å². The first-order valence-corrected chi connectivity index (χ1v) is 10.6. The second-order valence-corrected chi connectivity index (χ2v) is 8.52. The molecule has 1 atom stereocenters. The molecule has 0 bridgehead atoms. The van der Waals surface area contributed by atoms with Crippen LogP contribution in [0.2, 0.25) is 5.02 Å². The Morgan fingerprint density at radius 3 is 2.00 bits per heavy atom. The van der Waals surface area contributed by atoms with Crippen LogP contribution in [0, 0.1) is 5.92 Å². The van der Waals surface area contributed by atoms with Crippen LogP contribution in [0.3, 0.4) is 0 Å². The Morgan fingerprint density at radius 1 is 1.00 bits per heavy atom. The van der Waals surface area contributed by atoms with Crippen LogP contribution in [0.1, 0.15) is 57.8 Å². The van der Waals surface area contributed by atoms with Crippen LogP contribution in [-0.4, -0.2) is 58.9 Å². The quantitative estimate of drug-likeness (QED) is 0.654. The predicted molar refractivity (Wildman–Crippen MR) is 113 cm³/mol. The molecule has 0 radical (unpaired) electrons. The fraction of sp³-hybridized carbons (Fsp3) is 0.591. The van der Waals surface area contributed by atoms with Gasteiger partial charge in [-0.2, -0.15) is 0 Å². The number of carbonyl (C=O) groups is 3. The maximum Gasteiger partial charge on any atom is 0.309 e. The Morgan fingerprint density at radius 2 is 1.52 bits per heavy atom. The molecule has 0 spiro atoms. The number of esters is 1. The van der Waals surface area contributed by atoms with E-state index in [0.29, 0.717) is 36.5 Å². The molecule has 160 valence electrons. The zero-order valence-electron chi connectivity index (χ0n) is 17.9. The lowest BCUT2D eigenvalue weighted by atomic mass is 9.96. The fourth-order valence-corrected chi connectivity index (χ4v) is 3.86. The van der Waals surface area contributed by atoms with Gasteiger partial charge in [-0.25, -0.2) is 0 Å². The second-order valence-electron chi connectivity index (χ2n) is 8.09. The molecular weight excluding hydrogens is 392 g/mol. The minimum absolute atomic E-state index is 0.0331. The minimum atomic E-state index is -0.818. The van der Waals surface area contributed by atoms with Gasteiger partial charge < -0.3 is 14.5 Å². The van der Waals surface area contributed by atoms with Gasteiger partial charge in [0.2, 0.25) is 0 Å². The molecule has 1 aliphatic heterocycles. The van der Waals surface area contributed by atoms with Crippen molar-refractivity contribution in [3.8, 4) is 0 Å². The van der Waals surface area contributed by atoms with Crippen LogP contribution in [0.25, 0.3) is 0 Å². The maximum absolute atomic E-state index is 12.7. The third-order valence-electron chi connectivity index (χ3n) is 5.21. The zero-order chi connectivity index (χ0) is 21.7. The lowest BCUT2D eigenvalue weighted by Gasteiger charge is -2.34. The largest absolute Gasteiger partial charge is 0.452 e. The highest BCUT2D eigenvalue weighted by Gasteiger charge is 2.32. The van der Waals surface area contributed by atoms with E-state index in [2.05, 4.69) is 0 Å². The Hall–Kier alpha value is -2.08. The first-order valence-electron chi connectivity index (χ1n) is 10.2. The van der Waals surface area contributed by atoms with Gasteiger partial charge in [-0.15, -0.1) is 0 Å². The van der Waals surface area contributed by atoms with Crippen LogP contribution in [0.15, 0.2) is 24.3 Å². The molecule has 0 aliphatic carbocycles. The Labute approximate surface area is 178 Å². The molecule has 1 saturated heterocycles. The van der Waals surface area contributed by atoms with Crippen LogP contribution in [0.4, 0.5) is 0 Å². The van der Waals surface area contributed by atoms with Crippen molar-refractivity contribution < 1.29 is 19.1 Å². The Kier molecular flexibility index (Phi) is 8.08. The second kappa shape index (κ2) is 10.1. The summed E-state index contributed by atoms with van der Waals surface area (Å²) in [6.07, 6.45) is 0.231. The summed E-state index contributed by atoms with van der Waals surface area (Å²) in [5.41, 5.74) is 0.581. The molecule has 1 fully saturated rings. The molecule has 0 saturated carbocycles. The Balaban J connectivity index is 1.88. The average Bonchev–Trinajstić information content (AvgIpc) is 2.67. The van der Waals surface area contributed by atoms with Crippen molar-refractivity contribution in [2.45, 2.75) is 65.6 Å². The molecular formula is C22H31ClN2O4. The number of carbonyl (C=O) groups excluding carboxylic acids is 3. The van der Waals surface area contributed by atoms with Crippen molar-refractivity contribution >= 4 is 29.4 Å². The summed E-state index contributed by atoms with van der Waals surface area (Å²) in [7, 11) is 0. The topological polar surface area (TPSA) is 66.9 Å². The van der Waals surface area contributed by atoms with Gasteiger partial charge in [-0.05, 0) is 71.7 Å². The molecule has 0 unspecified atom stereocenters. The molecule has 2 rings (SSSR count). The lowest BCUT2D eigenvalue weighted by molar-refractivity contribution is -0.165. The van der Waals surface area contributed by atoms with Gasteiger partial charge in [0, 0.05) is 35.8 Å². The Bertz CT molecular complexity index is 717. The van der Waals surface area contributed by atoms with Gasteiger partial charge >= 0.3 is 5.97 Å². The summed E-state index contributed by atoms with van der Waals surface area (Å²) in [5.74, 6) is -0.914. The molecule has 1 aliphatic rings. The molecule has 1 heterocycles. The number of rotatable bonds is 6.